The molecule has 0 N–H and O–H groups in total. The second kappa shape index (κ2) is 10.2. The minimum Gasteiger partial charge on any atom is -0.481 e. The molecular formula is C31H28N4O4. The van der Waals surface area contributed by atoms with Crippen LogP contribution in [0.25, 0.3) is 0 Å². The van der Waals surface area contributed by atoms with Gasteiger partial charge in [0.25, 0.3) is 0 Å². The summed E-state index contributed by atoms with van der Waals surface area (Å²) in [6, 6.07) is 19.5. The quantitative estimate of drug-likeness (QED) is 0.280. The van der Waals surface area contributed by atoms with Crippen LogP contribution in [0.2, 0.25) is 0 Å². The molecule has 0 saturated carbocycles. The number of aryl methyl sites for hydroxylation is 2. The highest BCUT2D eigenvalue weighted by molar-refractivity contribution is 5.83. The van der Waals surface area contributed by atoms with E-state index < -0.39 is 6.29 Å². The first kappa shape index (κ1) is 24.6. The Bertz CT molecular complexity index is 1500. The minimum atomic E-state index is -0.451. The van der Waals surface area contributed by atoms with Crippen LogP contribution in [0.5, 0.6) is 23.3 Å². The Hall–Kier alpha value is -4.72. The summed E-state index contributed by atoms with van der Waals surface area (Å²) in [5, 5.41) is 0. The molecule has 196 valence electrons. The second-order valence-corrected chi connectivity index (χ2v) is 9.58. The van der Waals surface area contributed by atoms with E-state index >= 15 is 0 Å². The number of aliphatic imine (C=N–C) groups is 2. The molecule has 0 atom stereocenters. The van der Waals surface area contributed by atoms with Crippen molar-refractivity contribution in [3.8, 4) is 23.3 Å². The molecular weight excluding hydrogens is 492 g/mol. The lowest BCUT2D eigenvalue weighted by Gasteiger charge is -2.39. The first-order valence-electron chi connectivity index (χ1n) is 12.7. The third-order valence-electron chi connectivity index (χ3n) is 6.74. The van der Waals surface area contributed by atoms with E-state index in [0.29, 0.717) is 29.6 Å². The third-order valence-corrected chi connectivity index (χ3v) is 6.74. The van der Waals surface area contributed by atoms with Gasteiger partial charge in [-0.3, -0.25) is 9.98 Å². The third kappa shape index (κ3) is 4.93. The van der Waals surface area contributed by atoms with Crippen molar-refractivity contribution in [1.82, 2.24) is 9.97 Å². The summed E-state index contributed by atoms with van der Waals surface area (Å²) in [4.78, 5) is 18.4. The number of ether oxygens (including phenoxy) is 4. The normalized spacial score (nSPS) is 17.3. The molecule has 0 aliphatic carbocycles. The molecule has 0 saturated heterocycles. The van der Waals surface area contributed by atoms with Gasteiger partial charge in [-0.25, -0.2) is 9.97 Å². The van der Waals surface area contributed by atoms with Crippen LogP contribution in [0.1, 0.15) is 46.0 Å². The lowest BCUT2D eigenvalue weighted by molar-refractivity contribution is -0.0255. The van der Waals surface area contributed by atoms with E-state index in [2.05, 4.69) is 35.9 Å². The number of aromatic nitrogens is 2. The first-order chi connectivity index (χ1) is 19.0. The van der Waals surface area contributed by atoms with E-state index in [1.54, 1.807) is 38.8 Å². The van der Waals surface area contributed by atoms with Crippen molar-refractivity contribution in [3.05, 3.63) is 94.3 Å². The molecule has 2 bridgehead atoms. The molecule has 0 radical (unpaired) electrons. The van der Waals surface area contributed by atoms with Crippen LogP contribution >= 0.6 is 0 Å². The van der Waals surface area contributed by atoms with Gasteiger partial charge in [-0.05, 0) is 49.2 Å². The van der Waals surface area contributed by atoms with E-state index in [-0.39, 0.29) is 5.92 Å². The highest BCUT2D eigenvalue weighted by Gasteiger charge is 2.39. The number of benzene rings is 2. The highest BCUT2D eigenvalue weighted by Crippen LogP contribution is 2.53. The molecule has 2 aromatic carbocycles. The van der Waals surface area contributed by atoms with E-state index in [4.69, 9.17) is 28.9 Å². The summed E-state index contributed by atoms with van der Waals surface area (Å²) < 4.78 is 23.3. The predicted molar refractivity (Wildman–Crippen MR) is 150 cm³/mol. The van der Waals surface area contributed by atoms with Crippen molar-refractivity contribution in [3.63, 3.8) is 0 Å². The molecule has 2 aromatic heterocycles. The highest BCUT2D eigenvalue weighted by atomic mass is 16.7. The number of fused-ring (bicyclic) bond motifs is 6. The van der Waals surface area contributed by atoms with Gasteiger partial charge in [0.1, 0.15) is 11.4 Å². The van der Waals surface area contributed by atoms with Crippen LogP contribution in [-0.4, -0.2) is 42.9 Å². The molecule has 8 heteroatoms. The number of nitrogens with zero attached hydrogens (tertiary/aromatic N) is 4. The Labute approximate surface area is 227 Å². The van der Waals surface area contributed by atoms with Crippen molar-refractivity contribution in [2.75, 3.05) is 14.2 Å². The second-order valence-electron chi connectivity index (χ2n) is 9.58. The van der Waals surface area contributed by atoms with Crippen LogP contribution in [0, 0.1) is 13.8 Å². The SMILES string of the molecule is COc1cccc(C=Nc2cc(C)cc3c2OC2CC3c3cc(C)cc(N=Cc4cccc(OC)n4)c3O2)n1. The first-order valence-corrected chi connectivity index (χ1v) is 12.7. The zero-order chi connectivity index (χ0) is 26.9. The lowest BCUT2D eigenvalue weighted by Crippen LogP contribution is -2.35. The van der Waals surface area contributed by atoms with Gasteiger partial charge >= 0.3 is 0 Å². The van der Waals surface area contributed by atoms with Gasteiger partial charge in [0.15, 0.2) is 11.5 Å². The number of hydrogen-bond acceptors (Lipinski definition) is 8. The summed E-state index contributed by atoms with van der Waals surface area (Å²) in [6.07, 6.45) is 3.72. The summed E-state index contributed by atoms with van der Waals surface area (Å²) >= 11 is 0. The Morgan fingerprint density at radius 2 is 1.23 bits per heavy atom. The van der Waals surface area contributed by atoms with Crippen molar-refractivity contribution < 1.29 is 18.9 Å². The molecule has 0 spiro atoms. The zero-order valence-corrected chi connectivity index (χ0v) is 22.2. The van der Waals surface area contributed by atoms with Crippen LogP contribution in [0.3, 0.4) is 0 Å². The molecule has 6 rings (SSSR count). The van der Waals surface area contributed by atoms with E-state index in [0.717, 1.165) is 45.1 Å². The predicted octanol–water partition coefficient (Wildman–Crippen LogP) is 6.24. The fraction of sp³-hybridized carbons (Fsp3) is 0.226. The Morgan fingerprint density at radius 1 is 0.744 bits per heavy atom. The van der Waals surface area contributed by atoms with Crippen LogP contribution < -0.4 is 18.9 Å². The average Bonchev–Trinajstić information content (AvgIpc) is 2.95. The van der Waals surface area contributed by atoms with Crippen LogP contribution in [-0.2, 0) is 0 Å². The average molecular weight is 521 g/mol. The Morgan fingerprint density at radius 3 is 1.69 bits per heavy atom. The van der Waals surface area contributed by atoms with Crippen molar-refractivity contribution >= 4 is 23.8 Å². The zero-order valence-electron chi connectivity index (χ0n) is 22.2. The number of rotatable bonds is 6. The van der Waals surface area contributed by atoms with Gasteiger partial charge in [0, 0.05) is 35.6 Å². The summed E-state index contributed by atoms with van der Waals surface area (Å²) in [5.41, 5.74) is 7.27. The van der Waals surface area contributed by atoms with E-state index in [1.807, 2.05) is 36.4 Å². The summed E-state index contributed by atoms with van der Waals surface area (Å²) in [7, 11) is 3.19. The van der Waals surface area contributed by atoms with Gasteiger partial charge in [-0.1, -0.05) is 24.3 Å². The minimum absolute atomic E-state index is 0.0927. The summed E-state index contributed by atoms with van der Waals surface area (Å²) in [5.74, 6) is 2.64. The fourth-order valence-corrected chi connectivity index (χ4v) is 5.03. The van der Waals surface area contributed by atoms with Gasteiger partial charge in [0.05, 0.1) is 38.0 Å². The van der Waals surface area contributed by atoms with Crippen molar-refractivity contribution in [2.45, 2.75) is 32.5 Å². The Kier molecular flexibility index (Phi) is 6.44. The number of methoxy groups -OCH3 is 2. The molecule has 0 unspecified atom stereocenters. The molecule has 4 heterocycles. The van der Waals surface area contributed by atoms with E-state index in [1.165, 1.54) is 0 Å². The smallest absolute Gasteiger partial charge is 0.242 e. The fourth-order valence-electron chi connectivity index (χ4n) is 5.03. The van der Waals surface area contributed by atoms with Gasteiger partial charge in [-0.2, -0.15) is 0 Å². The van der Waals surface area contributed by atoms with Gasteiger partial charge in [0.2, 0.25) is 18.1 Å². The Balaban J connectivity index is 1.38. The van der Waals surface area contributed by atoms with Crippen LogP contribution in [0.4, 0.5) is 11.4 Å². The maximum atomic E-state index is 6.40. The number of hydrogen-bond donors (Lipinski definition) is 0. The van der Waals surface area contributed by atoms with E-state index in [9.17, 15) is 0 Å². The monoisotopic (exact) mass is 520 g/mol. The molecule has 0 fully saturated rings. The maximum absolute atomic E-state index is 6.40. The molecule has 2 aliphatic rings. The van der Waals surface area contributed by atoms with Crippen LogP contribution in [0.15, 0.2) is 70.6 Å². The molecule has 0 amide bonds. The topological polar surface area (TPSA) is 87.4 Å². The lowest BCUT2D eigenvalue weighted by atomic mass is 9.82. The molecule has 39 heavy (non-hydrogen) atoms. The van der Waals surface area contributed by atoms with Gasteiger partial charge in [-0.15, -0.1) is 0 Å². The summed E-state index contributed by atoms with van der Waals surface area (Å²) in [6.45, 7) is 4.14. The van der Waals surface area contributed by atoms with Gasteiger partial charge < -0.3 is 18.9 Å². The van der Waals surface area contributed by atoms with Crippen molar-refractivity contribution in [1.29, 1.82) is 0 Å². The standard InChI is InChI=1S/C31H28N4O4/c1-18-11-23-22-15-29(38-30(23)25(13-18)32-16-20-7-5-9-27(34-20)36-3)39-31-24(22)12-19(2)14-26(31)33-17-21-8-6-10-28(35-21)37-4/h5-14,16-17,22,29H,15H2,1-4H3. The van der Waals surface area contributed by atoms with Crippen molar-refractivity contribution in [2.24, 2.45) is 9.98 Å². The maximum Gasteiger partial charge on any atom is 0.242 e. The molecule has 8 nitrogen and oxygen atoms in total. The molecule has 2 aliphatic heterocycles. The number of pyridine rings is 2. The molecule has 4 aromatic rings. The largest absolute Gasteiger partial charge is 0.481 e.